The van der Waals surface area contributed by atoms with Crippen LogP contribution in [0.25, 0.3) is 5.76 Å². The molecule has 126 valence electrons. The van der Waals surface area contributed by atoms with Gasteiger partial charge in [-0.15, -0.1) is 0 Å². The number of halogens is 2. The predicted octanol–water partition coefficient (Wildman–Crippen LogP) is 4.54. The minimum Gasteiger partial charge on any atom is -0.506 e. The predicted molar refractivity (Wildman–Crippen MR) is 98.9 cm³/mol. The van der Waals surface area contributed by atoms with Gasteiger partial charge >= 0.3 is 0 Å². The van der Waals surface area contributed by atoms with Crippen LogP contribution in [0.2, 0.25) is 10.0 Å². The van der Waals surface area contributed by atoms with E-state index in [-0.39, 0.29) is 33.2 Å². The fourth-order valence-electron chi connectivity index (χ4n) is 2.75. The number of aliphatic imine (C=N–C) groups is 1. The van der Waals surface area contributed by atoms with Crippen LogP contribution < -0.4 is 0 Å². The second kappa shape index (κ2) is 6.82. The zero-order valence-corrected chi connectivity index (χ0v) is 14.7. The summed E-state index contributed by atoms with van der Waals surface area (Å²) in [7, 11) is 0. The van der Waals surface area contributed by atoms with Gasteiger partial charge in [0.15, 0.2) is 0 Å². The van der Waals surface area contributed by atoms with Gasteiger partial charge in [-0.3, -0.25) is 14.6 Å². The summed E-state index contributed by atoms with van der Waals surface area (Å²) in [6, 6.07) is 11.4. The molecule has 0 saturated heterocycles. The van der Waals surface area contributed by atoms with Crippen LogP contribution in [0.3, 0.4) is 0 Å². The molecule has 0 aromatic heterocycles. The summed E-state index contributed by atoms with van der Waals surface area (Å²) < 4.78 is 0. The third-order valence-corrected chi connectivity index (χ3v) is 4.37. The Morgan fingerprint density at radius 1 is 1.08 bits per heavy atom. The second-order valence-corrected chi connectivity index (χ2v) is 6.22. The summed E-state index contributed by atoms with van der Waals surface area (Å²) >= 11 is 12.1. The average Bonchev–Trinajstić information content (AvgIpc) is 2.59. The quantitative estimate of drug-likeness (QED) is 0.634. The fraction of sp³-hybridized carbons (Fsp3) is 0.105. The standard InChI is InChI=1S/C19H13Cl2NO3/c1-2-22-16(10-5-3-6-11(20)9-10)15-17(23)12-7-4-8-13(21)14(12)18(24)19(15)25/h3-9,23H,2H2,1H3. The van der Waals surface area contributed by atoms with Crippen LogP contribution in [-0.2, 0) is 4.79 Å². The van der Waals surface area contributed by atoms with E-state index in [1.54, 1.807) is 43.3 Å². The summed E-state index contributed by atoms with van der Waals surface area (Å²) in [4.78, 5) is 29.5. The van der Waals surface area contributed by atoms with E-state index in [0.29, 0.717) is 17.1 Å². The monoisotopic (exact) mass is 373 g/mol. The molecule has 1 aliphatic rings. The molecule has 0 fully saturated rings. The van der Waals surface area contributed by atoms with Crippen molar-refractivity contribution in [2.45, 2.75) is 6.92 Å². The Morgan fingerprint density at radius 2 is 1.80 bits per heavy atom. The van der Waals surface area contributed by atoms with Gasteiger partial charge in [0.05, 0.1) is 21.9 Å². The van der Waals surface area contributed by atoms with Gasteiger partial charge in [-0.2, -0.15) is 0 Å². The van der Waals surface area contributed by atoms with Crippen molar-refractivity contribution in [3.63, 3.8) is 0 Å². The van der Waals surface area contributed by atoms with Crippen molar-refractivity contribution in [2.24, 2.45) is 4.99 Å². The Labute approximate surface area is 154 Å². The topological polar surface area (TPSA) is 66.7 Å². The largest absolute Gasteiger partial charge is 0.506 e. The molecule has 0 aliphatic heterocycles. The van der Waals surface area contributed by atoms with E-state index >= 15 is 0 Å². The summed E-state index contributed by atoms with van der Waals surface area (Å²) in [6.07, 6.45) is 0. The molecule has 6 heteroatoms. The van der Waals surface area contributed by atoms with Crippen molar-refractivity contribution < 1.29 is 14.7 Å². The van der Waals surface area contributed by atoms with E-state index in [0.717, 1.165) is 0 Å². The summed E-state index contributed by atoms with van der Waals surface area (Å²) in [5.74, 6) is -1.92. The Kier molecular flexibility index (Phi) is 4.75. The van der Waals surface area contributed by atoms with Crippen LogP contribution in [0, 0.1) is 0 Å². The van der Waals surface area contributed by atoms with E-state index in [4.69, 9.17) is 23.2 Å². The van der Waals surface area contributed by atoms with Gasteiger partial charge < -0.3 is 5.11 Å². The minimum atomic E-state index is -0.842. The number of rotatable bonds is 3. The van der Waals surface area contributed by atoms with Crippen LogP contribution in [-0.4, -0.2) is 28.9 Å². The maximum atomic E-state index is 12.7. The zero-order chi connectivity index (χ0) is 18.1. The number of carbonyl (C=O) groups is 2. The smallest absolute Gasteiger partial charge is 0.239 e. The minimum absolute atomic E-state index is 0.0114. The van der Waals surface area contributed by atoms with Gasteiger partial charge in [-0.25, -0.2) is 0 Å². The summed E-state index contributed by atoms with van der Waals surface area (Å²) in [5, 5.41) is 11.3. The maximum Gasteiger partial charge on any atom is 0.239 e. The van der Waals surface area contributed by atoms with Crippen molar-refractivity contribution in [1.82, 2.24) is 0 Å². The van der Waals surface area contributed by atoms with Crippen LogP contribution in [0.4, 0.5) is 0 Å². The summed E-state index contributed by atoms with van der Waals surface area (Å²) in [5.41, 5.74) is 0.869. The lowest BCUT2D eigenvalue weighted by Gasteiger charge is -2.20. The van der Waals surface area contributed by atoms with Gasteiger partial charge in [0.25, 0.3) is 0 Å². The number of hydrogen-bond acceptors (Lipinski definition) is 4. The van der Waals surface area contributed by atoms with Gasteiger partial charge in [0, 0.05) is 22.7 Å². The Morgan fingerprint density at radius 3 is 2.48 bits per heavy atom. The molecule has 0 radical (unpaired) electrons. The first-order valence-electron chi connectivity index (χ1n) is 7.57. The number of ketones is 2. The number of nitrogens with zero attached hydrogens (tertiary/aromatic N) is 1. The molecule has 0 saturated carbocycles. The molecular weight excluding hydrogens is 361 g/mol. The van der Waals surface area contributed by atoms with Crippen molar-refractivity contribution in [3.05, 3.63) is 74.8 Å². The second-order valence-electron chi connectivity index (χ2n) is 5.38. The number of aliphatic hydroxyl groups is 1. The summed E-state index contributed by atoms with van der Waals surface area (Å²) in [6.45, 7) is 2.16. The van der Waals surface area contributed by atoms with Crippen molar-refractivity contribution in [1.29, 1.82) is 0 Å². The number of hydrogen-bond donors (Lipinski definition) is 1. The van der Waals surface area contributed by atoms with Gasteiger partial charge in [-0.1, -0.05) is 47.5 Å². The van der Waals surface area contributed by atoms with Crippen molar-refractivity contribution in [3.8, 4) is 0 Å². The van der Waals surface area contributed by atoms with Gasteiger partial charge in [0.2, 0.25) is 11.6 Å². The lowest BCUT2D eigenvalue weighted by atomic mass is 9.84. The third kappa shape index (κ3) is 2.99. The Hall–Kier alpha value is -2.43. The molecule has 0 spiro atoms. The number of fused-ring (bicyclic) bond motifs is 1. The molecule has 0 amide bonds. The average molecular weight is 374 g/mol. The number of carbonyl (C=O) groups excluding carboxylic acids is 2. The van der Waals surface area contributed by atoms with E-state index in [1.807, 2.05) is 0 Å². The van der Waals surface area contributed by atoms with E-state index in [2.05, 4.69) is 4.99 Å². The van der Waals surface area contributed by atoms with E-state index in [1.165, 1.54) is 6.07 Å². The number of allylic oxidation sites excluding steroid dienone is 1. The Bertz CT molecular complexity index is 961. The molecule has 1 aliphatic carbocycles. The van der Waals surface area contributed by atoms with E-state index < -0.39 is 11.6 Å². The molecule has 3 rings (SSSR count). The molecular formula is C19H13Cl2NO3. The number of Topliss-reactive ketones (excluding diaryl/α,β-unsaturated/α-hetero) is 2. The fourth-order valence-corrected chi connectivity index (χ4v) is 3.20. The molecule has 0 bridgehead atoms. The number of benzene rings is 2. The molecule has 0 unspecified atom stereocenters. The highest BCUT2D eigenvalue weighted by Crippen LogP contribution is 2.34. The molecule has 25 heavy (non-hydrogen) atoms. The van der Waals surface area contributed by atoms with Crippen molar-refractivity contribution in [2.75, 3.05) is 6.54 Å². The zero-order valence-electron chi connectivity index (χ0n) is 13.2. The molecule has 1 N–H and O–H groups in total. The SMILES string of the molecule is CCN=C(C1=C(O)c2cccc(Cl)c2C(=O)C1=O)c1cccc(Cl)c1. The highest BCUT2D eigenvalue weighted by atomic mass is 35.5. The maximum absolute atomic E-state index is 12.7. The Balaban J connectivity index is 2.29. The lowest BCUT2D eigenvalue weighted by Crippen LogP contribution is -2.29. The first-order chi connectivity index (χ1) is 12.0. The molecule has 2 aromatic carbocycles. The first kappa shape index (κ1) is 17.4. The normalized spacial score (nSPS) is 14.8. The first-order valence-corrected chi connectivity index (χ1v) is 8.33. The molecule has 0 heterocycles. The van der Waals surface area contributed by atoms with E-state index in [9.17, 15) is 14.7 Å². The van der Waals surface area contributed by atoms with Crippen LogP contribution in [0.15, 0.2) is 53.0 Å². The molecule has 0 atom stereocenters. The van der Waals surface area contributed by atoms with Crippen molar-refractivity contribution >= 4 is 46.2 Å². The molecule has 4 nitrogen and oxygen atoms in total. The van der Waals surface area contributed by atoms with Gasteiger partial charge in [-0.05, 0) is 25.1 Å². The molecule has 2 aromatic rings. The van der Waals surface area contributed by atoms with Crippen LogP contribution in [0.1, 0.15) is 28.4 Å². The van der Waals surface area contributed by atoms with Crippen LogP contribution in [0.5, 0.6) is 0 Å². The third-order valence-electron chi connectivity index (χ3n) is 3.82. The highest BCUT2D eigenvalue weighted by Gasteiger charge is 2.37. The van der Waals surface area contributed by atoms with Crippen LogP contribution >= 0.6 is 23.2 Å². The highest BCUT2D eigenvalue weighted by molar-refractivity contribution is 6.60. The lowest BCUT2D eigenvalue weighted by molar-refractivity contribution is -0.111. The van der Waals surface area contributed by atoms with Gasteiger partial charge in [0.1, 0.15) is 5.76 Å². The number of aliphatic hydroxyl groups excluding tert-OH is 1.